The molecule has 0 aliphatic rings. The minimum absolute atomic E-state index is 0.0694. The van der Waals surface area contributed by atoms with Crippen molar-refractivity contribution in [3.63, 3.8) is 0 Å². The van der Waals surface area contributed by atoms with Gasteiger partial charge in [-0.1, -0.05) is 51.1 Å². The molecule has 0 saturated heterocycles. The van der Waals surface area contributed by atoms with E-state index in [2.05, 4.69) is 30.7 Å². The van der Waals surface area contributed by atoms with Crippen LogP contribution in [-0.4, -0.2) is 15.1 Å². The molecule has 0 fully saturated rings. The third-order valence-corrected chi connectivity index (χ3v) is 3.06. The molecule has 0 amide bonds. The zero-order valence-corrected chi connectivity index (χ0v) is 11.7. The third kappa shape index (κ3) is 3.38. The molecule has 0 aliphatic heterocycles. The Morgan fingerprint density at radius 3 is 2.32 bits per heavy atom. The number of aromatic nitrogens is 2. The topological polar surface area (TPSA) is 46.0 Å². The maximum Gasteiger partial charge on any atom is 0.0846 e. The lowest BCUT2D eigenvalue weighted by Crippen LogP contribution is -2.19. The molecular formula is C16H20N2O. The van der Waals surface area contributed by atoms with E-state index in [1.807, 2.05) is 30.3 Å². The van der Waals surface area contributed by atoms with Crippen molar-refractivity contribution in [2.75, 3.05) is 0 Å². The van der Waals surface area contributed by atoms with Gasteiger partial charge in [-0.15, -0.1) is 0 Å². The Bertz CT molecular complexity index is 532. The highest BCUT2D eigenvalue weighted by Crippen LogP contribution is 2.25. The molecule has 1 aromatic carbocycles. The van der Waals surface area contributed by atoms with Crippen LogP contribution in [0.1, 0.15) is 43.8 Å². The molecule has 1 N–H and O–H groups in total. The molecule has 3 nitrogen and oxygen atoms in total. The van der Waals surface area contributed by atoms with Gasteiger partial charge in [-0.2, -0.15) is 0 Å². The van der Waals surface area contributed by atoms with Crippen molar-refractivity contribution in [3.8, 4) is 0 Å². The molecule has 2 aromatic rings. The van der Waals surface area contributed by atoms with E-state index >= 15 is 0 Å². The molecule has 100 valence electrons. The van der Waals surface area contributed by atoms with Crippen LogP contribution in [0.2, 0.25) is 0 Å². The number of rotatable bonds is 3. The van der Waals surface area contributed by atoms with Crippen molar-refractivity contribution in [1.29, 1.82) is 0 Å². The third-order valence-electron chi connectivity index (χ3n) is 3.06. The standard InChI is InChI=1S/C16H20N2O/c1-16(2,3)15-13(17-9-10-18-15)11-14(19)12-7-5-4-6-8-12/h4-10,14,19H,11H2,1-3H3/t14-/m1/s1. The van der Waals surface area contributed by atoms with Gasteiger partial charge in [-0.25, -0.2) is 0 Å². The Hall–Kier alpha value is -1.74. The molecule has 0 spiro atoms. The molecule has 1 aromatic heterocycles. The summed E-state index contributed by atoms with van der Waals surface area (Å²) in [5.41, 5.74) is 2.66. The summed E-state index contributed by atoms with van der Waals surface area (Å²) in [6.45, 7) is 6.32. The summed E-state index contributed by atoms with van der Waals surface area (Å²) in [5.74, 6) is 0. The highest BCUT2D eigenvalue weighted by atomic mass is 16.3. The summed E-state index contributed by atoms with van der Waals surface area (Å²) >= 11 is 0. The fourth-order valence-electron chi connectivity index (χ4n) is 2.12. The fraction of sp³-hybridized carbons (Fsp3) is 0.375. The minimum Gasteiger partial charge on any atom is -0.388 e. The zero-order chi connectivity index (χ0) is 13.9. The summed E-state index contributed by atoms with van der Waals surface area (Å²) in [6, 6.07) is 9.66. The second kappa shape index (κ2) is 5.49. The Morgan fingerprint density at radius 1 is 1.05 bits per heavy atom. The Balaban J connectivity index is 2.25. The van der Waals surface area contributed by atoms with Gasteiger partial charge >= 0.3 is 0 Å². The average Bonchev–Trinajstić information content (AvgIpc) is 2.39. The van der Waals surface area contributed by atoms with E-state index in [-0.39, 0.29) is 5.41 Å². The van der Waals surface area contributed by atoms with Crippen LogP contribution in [-0.2, 0) is 11.8 Å². The first-order chi connectivity index (χ1) is 8.98. The highest BCUT2D eigenvalue weighted by Gasteiger charge is 2.22. The maximum absolute atomic E-state index is 10.3. The number of hydrogen-bond acceptors (Lipinski definition) is 3. The van der Waals surface area contributed by atoms with E-state index in [1.54, 1.807) is 12.4 Å². The maximum atomic E-state index is 10.3. The summed E-state index contributed by atoms with van der Waals surface area (Å²) in [5, 5.41) is 10.3. The molecule has 0 unspecified atom stereocenters. The van der Waals surface area contributed by atoms with Crippen LogP contribution in [0.5, 0.6) is 0 Å². The van der Waals surface area contributed by atoms with Crippen molar-refractivity contribution in [2.24, 2.45) is 0 Å². The van der Waals surface area contributed by atoms with Gasteiger partial charge in [0.1, 0.15) is 0 Å². The molecule has 2 rings (SSSR count). The second-order valence-electron chi connectivity index (χ2n) is 5.73. The van der Waals surface area contributed by atoms with Crippen molar-refractivity contribution < 1.29 is 5.11 Å². The van der Waals surface area contributed by atoms with Gasteiger partial charge < -0.3 is 5.11 Å². The monoisotopic (exact) mass is 256 g/mol. The van der Waals surface area contributed by atoms with E-state index in [0.717, 1.165) is 17.0 Å². The van der Waals surface area contributed by atoms with E-state index in [1.165, 1.54) is 0 Å². The number of aliphatic hydroxyl groups excluding tert-OH is 1. The number of hydrogen-bond donors (Lipinski definition) is 1. The molecule has 0 saturated carbocycles. The van der Waals surface area contributed by atoms with E-state index in [0.29, 0.717) is 6.42 Å². The first-order valence-corrected chi connectivity index (χ1v) is 6.52. The number of benzene rings is 1. The van der Waals surface area contributed by atoms with Crippen LogP contribution in [0, 0.1) is 0 Å². The van der Waals surface area contributed by atoms with Gasteiger partial charge in [0.05, 0.1) is 17.5 Å². The van der Waals surface area contributed by atoms with Crippen molar-refractivity contribution in [2.45, 2.75) is 38.7 Å². The van der Waals surface area contributed by atoms with Gasteiger partial charge in [0.15, 0.2) is 0 Å². The predicted molar refractivity (Wildman–Crippen MR) is 75.8 cm³/mol. The molecule has 0 aliphatic carbocycles. The normalized spacial score (nSPS) is 13.3. The van der Waals surface area contributed by atoms with Crippen LogP contribution in [0.4, 0.5) is 0 Å². The highest BCUT2D eigenvalue weighted by molar-refractivity contribution is 5.23. The Kier molecular flexibility index (Phi) is 3.96. The molecule has 0 radical (unpaired) electrons. The van der Waals surface area contributed by atoms with Crippen LogP contribution in [0.25, 0.3) is 0 Å². The van der Waals surface area contributed by atoms with E-state index in [4.69, 9.17) is 0 Å². The van der Waals surface area contributed by atoms with Crippen molar-refractivity contribution in [3.05, 3.63) is 59.7 Å². The number of aliphatic hydroxyl groups is 1. The van der Waals surface area contributed by atoms with Gasteiger partial charge in [0.2, 0.25) is 0 Å². The van der Waals surface area contributed by atoms with Gasteiger partial charge in [-0.3, -0.25) is 9.97 Å². The Morgan fingerprint density at radius 2 is 1.68 bits per heavy atom. The molecule has 0 bridgehead atoms. The fourth-order valence-corrected chi connectivity index (χ4v) is 2.12. The molecule has 3 heteroatoms. The van der Waals surface area contributed by atoms with Crippen molar-refractivity contribution in [1.82, 2.24) is 9.97 Å². The molecule has 1 heterocycles. The summed E-state index contributed by atoms with van der Waals surface area (Å²) < 4.78 is 0. The second-order valence-corrected chi connectivity index (χ2v) is 5.73. The SMILES string of the molecule is CC(C)(C)c1nccnc1C[C@@H](O)c1ccccc1. The lowest BCUT2D eigenvalue weighted by Gasteiger charge is -2.21. The largest absolute Gasteiger partial charge is 0.388 e. The van der Waals surface area contributed by atoms with Gasteiger partial charge in [-0.05, 0) is 5.56 Å². The van der Waals surface area contributed by atoms with E-state index in [9.17, 15) is 5.11 Å². The quantitative estimate of drug-likeness (QED) is 0.918. The van der Waals surface area contributed by atoms with E-state index < -0.39 is 6.10 Å². The van der Waals surface area contributed by atoms with Gasteiger partial charge in [0.25, 0.3) is 0 Å². The minimum atomic E-state index is -0.543. The predicted octanol–water partition coefficient (Wildman–Crippen LogP) is 3.05. The van der Waals surface area contributed by atoms with Crippen LogP contribution >= 0.6 is 0 Å². The smallest absolute Gasteiger partial charge is 0.0846 e. The summed E-state index contributed by atoms with van der Waals surface area (Å²) in [6.07, 6.45) is 3.34. The molecular weight excluding hydrogens is 236 g/mol. The van der Waals surface area contributed by atoms with Gasteiger partial charge in [0, 0.05) is 24.2 Å². The van der Waals surface area contributed by atoms with Crippen LogP contribution in [0.3, 0.4) is 0 Å². The van der Waals surface area contributed by atoms with Crippen molar-refractivity contribution >= 4 is 0 Å². The van der Waals surface area contributed by atoms with Crippen LogP contribution in [0.15, 0.2) is 42.7 Å². The number of nitrogens with zero attached hydrogens (tertiary/aromatic N) is 2. The Labute approximate surface area is 114 Å². The first kappa shape index (κ1) is 13.7. The molecule has 19 heavy (non-hydrogen) atoms. The lowest BCUT2D eigenvalue weighted by molar-refractivity contribution is 0.176. The zero-order valence-electron chi connectivity index (χ0n) is 11.7. The van der Waals surface area contributed by atoms with Crippen LogP contribution < -0.4 is 0 Å². The molecule has 1 atom stereocenters. The first-order valence-electron chi connectivity index (χ1n) is 6.52. The average molecular weight is 256 g/mol. The summed E-state index contributed by atoms with van der Waals surface area (Å²) in [7, 11) is 0. The lowest BCUT2D eigenvalue weighted by atomic mass is 9.88. The summed E-state index contributed by atoms with van der Waals surface area (Å²) in [4.78, 5) is 8.81.